The molecule has 1 amide bonds. The van der Waals surface area contributed by atoms with Crippen LogP contribution >= 0.6 is 0 Å². The van der Waals surface area contributed by atoms with Gasteiger partial charge in [0.2, 0.25) is 0 Å². The summed E-state index contributed by atoms with van der Waals surface area (Å²) < 4.78 is 5.82. The summed E-state index contributed by atoms with van der Waals surface area (Å²) in [6, 6.07) is 3.02. The number of carbonyl (C=O) groups excluding carboxylic acids is 1. The Kier molecular flexibility index (Phi) is 3.57. The van der Waals surface area contributed by atoms with E-state index in [0.717, 1.165) is 25.9 Å². The van der Waals surface area contributed by atoms with Gasteiger partial charge in [0.15, 0.2) is 0 Å². The molecule has 0 saturated heterocycles. The second kappa shape index (κ2) is 5.26. The third-order valence-corrected chi connectivity index (χ3v) is 5.08. The van der Waals surface area contributed by atoms with E-state index in [9.17, 15) is 9.59 Å². The number of ether oxygens (including phenoxy) is 1. The van der Waals surface area contributed by atoms with Gasteiger partial charge < -0.3 is 9.64 Å². The number of hydrogen-bond acceptors (Lipinski definition) is 4. The third kappa shape index (κ3) is 2.18. The smallest absolute Gasteiger partial charge is 0.274 e. The summed E-state index contributed by atoms with van der Waals surface area (Å²) in [5.41, 5.74) is 0.124. The molecule has 1 N–H and O–H groups in total. The summed E-state index contributed by atoms with van der Waals surface area (Å²) in [6.45, 7) is 2.73. The molecule has 2 atom stereocenters. The zero-order valence-electron chi connectivity index (χ0n) is 12.5. The predicted molar refractivity (Wildman–Crippen MR) is 77.1 cm³/mol. The molecule has 21 heavy (non-hydrogen) atoms. The van der Waals surface area contributed by atoms with Gasteiger partial charge in [-0.2, -0.15) is 5.10 Å². The summed E-state index contributed by atoms with van der Waals surface area (Å²) in [5, 5.41) is 6.14. The highest BCUT2D eigenvalue weighted by atomic mass is 16.5. The van der Waals surface area contributed by atoms with Crippen molar-refractivity contribution in [2.45, 2.75) is 44.8 Å². The second-order valence-corrected chi connectivity index (χ2v) is 6.00. The molecule has 6 heteroatoms. The largest absolute Gasteiger partial charge is 0.378 e. The van der Waals surface area contributed by atoms with E-state index in [1.807, 2.05) is 14.0 Å². The Bertz CT molecular complexity index is 574. The quantitative estimate of drug-likeness (QED) is 0.904. The Morgan fingerprint density at radius 3 is 2.81 bits per heavy atom. The molecule has 0 bridgehead atoms. The van der Waals surface area contributed by atoms with Gasteiger partial charge in [0.1, 0.15) is 5.69 Å². The van der Waals surface area contributed by atoms with Gasteiger partial charge in [0, 0.05) is 31.2 Å². The van der Waals surface area contributed by atoms with E-state index in [0.29, 0.717) is 0 Å². The number of aromatic nitrogens is 2. The SMILES string of the molecule is CCO[C@H]1C[C@H](N(C)C(=O)c2ccc(=O)[nH]n2)C12CCC2. The molecule has 3 rings (SSSR count). The number of aromatic amines is 1. The molecule has 1 spiro atoms. The molecule has 0 unspecified atom stereocenters. The normalized spacial score (nSPS) is 26.0. The molecule has 1 heterocycles. The highest BCUT2D eigenvalue weighted by Gasteiger charge is 2.60. The van der Waals surface area contributed by atoms with Crippen molar-refractivity contribution >= 4 is 5.91 Å². The number of nitrogens with one attached hydrogen (secondary N) is 1. The number of rotatable bonds is 4. The predicted octanol–water partition coefficient (Wildman–Crippen LogP) is 1.19. The standard InChI is InChI=1S/C15H21N3O3/c1-3-21-12-9-11(15(12)7-4-8-15)18(2)14(20)10-5-6-13(19)17-16-10/h5-6,11-12H,3-4,7-9H2,1-2H3,(H,17,19)/t11-,12-/m0/s1. The van der Waals surface area contributed by atoms with Crippen molar-refractivity contribution in [2.24, 2.45) is 5.41 Å². The molecule has 0 aliphatic heterocycles. The van der Waals surface area contributed by atoms with E-state index in [2.05, 4.69) is 10.2 Å². The molecular weight excluding hydrogens is 270 g/mol. The average molecular weight is 291 g/mol. The van der Waals surface area contributed by atoms with Gasteiger partial charge in [0.05, 0.1) is 6.10 Å². The van der Waals surface area contributed by atoms with Crippen molar-refractivity contribution in [1.29, 1.82) is 0 Å². The molecule has 1 aromatic rings. The maximum absolute atomic E-state index is 12.5. The molecule has 1 aromatic heterocycles. The van der Waals surface area contributed by atoms with Crippen LogP contribution < -0.4 is 5.56 Å². The van der Waals surface area contributed by atoms with Gasteiger partial charge >= 0.3 is 0 Å². The van der Waals surface area contributed by atoms with Crippen LogP contribution in [0.25, 0.3) is 0 Å². The third-order valence-electron chi connectivity index (χ3n) is 5.08. The first-order valence-electron chi connectivity index (χ1n) is 7.53. The molecule has 2 saturated carbocycles. The van der Waals surface area contributed by atoms with Gasteiger partial charge in [-0.15, -0.1) is 0 Å². The van der Waals surface area contributed by atoms with Crippen LogP contribution in [0.2, 0.25) is 0 Å². The number of carbonyl (C=O) groups is 1. The number of amides is 1. The van der Waals surface area contributed by atoms with Crippen LogP contribution in [0.5, 0.6) is 0 Å². The zero-order valence-corrected chi connectivity index (χ0v) is 12.5. The van der Waals surface area contributed by atoms with E-state index in [1.54, 1.807) is 4.90 Å². The first kappa shape index (κ1) is 14.3. The van der Waals surface area contributed by atoms with Gasteiger partial charge in [0.25, 0.3) is 11.5 Å². The van der Waals surface area contributed by atoms with Crippen molar-refractivity contribution in [3.63, 3.8) is 0 Å². The fourth-order valence-corrected chi connectivity index (χ4v) is 3.73. The van der Waals surface area contributed by atoms with Gasteiger partial charge in [-0.05, 0) is 32.3 Å². The Morgan fingerprint density at radius 1 is 1.52 bits per heavy atom. The van der Waals surface area contributed by atoms with Crippen LogP contribution in [0.15, 0.2) is 16.9 Å². The van der Waals surface area contributed by atoms with Crippen LogP contribution in [0, 0.1) is 5.41 Å². The van der Waals surface area contributed by atoms with E-state index in [4.69, 9.17) is 4.74 Å². The van der Waals surface area contributed by atoms with E-state index in [-0.39, 0.29) is 34.7 Å². The minimum atomic E-state index is -0.301. The zero-order chi connectivity index (χ0) is 15.0. The highest BCUT2D eigenvalue weighted by Crippen LogP contribution is 2.58. The van der Waals surface area contributed by atoms with E-state index in [1.165, 1.54) is 18.6 Å². The van der Waals surface area contributed by atoms with Crippen molar-refractivity contribution < 1.29 is 9.53 Å². The molecule has 2 aliphatic rings. The Labute approximate surface area is 123 Å². The lowest BCUT2D eigenvalue weighted by atomic mass is 9.50. The fraction of sp³-hybridized carbons (Fsp3) is 0.667. The second-order valence-electron chi connectivity index (χ2n) is 6.00. The first-order valence-corrected chi connectivity index (χ1v) is 7.53. The Hall–Kier alpha value is -1.69. The lowest BCUT2D eigenvalue weighted by molar-refractivity contribution is -0.192. The monoisotopic (exact) mass is 291 g/mol. The van der Waals surface area contributed by atoms with Crippen LogP contribution in [0.1, 0.15) is 43.1 Å². The van der Waals surface area contributed by atoms with E-state index >= 15 is 0 Å². The van der Waals surface area contributed by atoms with Gasteiger partial charge in [-0.3, -0.25) is 9.59 Å². The van der Waals surface area contributed by atoms with Crippen LogP contribution in [-0.2, 0) is 4.74 Å². The van der Waals surface area contributed by atoms with Gasteiger partial charge in [-0.25, -0.2) is 5.10 Å². The molecule has 2 fully saturated rings. The highest BCUT2D eigenvalue weighted by molar-refractivity contribution is 5.92. The summed E-state index contributed by atoms with van der Waals surface area (Å²) >= 11 is 0. The van der Waals surface area contributed by atoms with Crippen LogP contribution in [0.4, 0.5) is 0 Å². The Balaban J connectivity index is 1.73. The fourth-order valence-electron chi connectivity index (χ4n) is 3.73. The van der Waals surface area contributed by atoms with Crippen LogP contribution in [0.3, 0.4) is 0 Å². The summed E-state index contributed by atoms with van der Waals surface area (Å²) in [5.74, 6) is -0.141. The topological polar surface area (TPSA) is 75.3 Å². The molecule has 0 radical (unpaired) electrons. The minimum Gasteiger partial charge on any atom is -0.378 e. The molecule has 6 nitrogen and oxygen atoms in total. The molecule has 114 valence electrons. The summed E-state index contributed by atoms with van der Waals surface area (Å²) in [4.78, 5) is 25.3. The number of nitrogens with zero attached hydrogens (tertiary/aromatic N) is 2. The number of hydrogen-bond donors (Lipinski definition) is 1. The Morgan fingerprint density at radius 2 is 2.29 bits per heavy atom. The number of H-pyrrole nitrogens is 1. The van der Waals surface area contributed by atoms with Crippen molar-refractivity contribution in [2.75, 3.05) is 13.7 Å². The minimum absolute atomic E-state index is 0.141. The van der Waals surface area contributed by atoms with Crippen molar-refractivity contribution in [3.8, 4) is 0 Å². The summed E-state index contributed by atoms with van der Waals surface area (Å²) in [6.07, 6.45) is 4.62. The maximum atomic E-state index is 12.5. The lowest BCUT2D eigenvalue weighted by Gasteiger charge is -2.63. The van der Waals surface area contributed by atoms with Crippen LogP contribution in [-0.4, -0.2) is 46.8 Å². The van der Waals surface area contributed by atoms with Crippen molar-refractivity contribution in [3.05, 3.63) is 28.2 Å². The molecular formula is C15H21N3O3. The molecule has 0 aromatic carbocycles. The molecule has 2 aliphatic carbocycles. The maximum Gasteiger partial charge on any atom is 0.274 e. The van der Waals surface area contributed by atoms with Crippen molar-refractivity contribution in [1.82, 2.24) is 15.1 Å². The summed E-state index contributed by atoms with van der Waals surface area (Å²) in [7, 11) is 1.82. The first-order chi connectivity index (χ1) is 10.1. The average Bonchev–Trinajstić information content (AvgIpc) is 2.41. The van der Waals surface area contributed by atoms with Gasteiger partial charge in [-0.1, -0.05) is 6.42 Å². The lowest BCUT2D eigenvalue weighted by Crippen LogP contribution is -2.67. The van der Waals surface area contributed by atoms with E-state index < -0.39 is 0 Å².